The van der Waals surface area contributed by atoms with Gasteiger partial charge in [-0.05, 0) is 0 Å². The van der Waals surface area contributed by atoms with Crippen LogP contribution in [0.1, 0.15) is 0 Å². The highest BCUT2D eigenvalue weighted by Gasteiger charge is 2.33. The second kappa shape index (κ2) is 3.27. The molecule has 0 aromatic carbocycles. The monoisotopic (exact) mass is 148 g/mol. The zero-order valence-corrected chi connectivity index (χ0v) is 6.09. The molecule has 0 aliphatic carbocycles. The van der Waals surface area contributed by atoms with E-state index < -0.39 is 6.23 Å². The van der Waals surface area contributed by atoms with Crippen LogP contribution in [0.4, 0.5) is 0 Å². The lowest BCUT2D eigenvalue weighted by atomic mass is 10.5. The molecule has 0 radical (unpaired) electrons. The molecule has 0 aromatic heterocycles. The van der Waals surface area contributed by atoms with Crippen molar-refractivity contribution in [2.24, 2.45) is 0 Å². The van der Waals surface area contributed by atoms with Crippen molar-refractivity contribution < 1.29 is 14.5 Å². The average Bonchev–Trinajstić information content (AvgIpc) is 2.30. The van der Waals surface area contributed by atoms with E-state index in [4.69, 9.17) is 9.47 Å². The Labute approximate surface area is 59.5 Å². The molecule has 1 aliphatic rings. The first-order valence-corrected chi connectivity index (χ1v) is 3.11. The summed E-state index contributed by atoms with van der Waals surface area (Å²) in [7, 11) is 3.05. The van der Waals surface area contributed by atoms with Crippen molar-refractivity contribution >= 4 is 0 Å². The number of hydrogen-bond donors (Lipinski definition) is 2. The van der Waals surface area contributed by atoms with Crippen LogP contribution in [0.5, 0.6) is 0 Å². The molecule has 1 rings (SSSR count). The standard InChI is InChI=1S/C5H12N2O3/c1-9-4-5(10-2)7(8)3-6-4/h4-7H,3H2,1-2H3. The van der Waals surface area contributed by atoms with Crippen molar-refractivity contribution in [2.75, 3.05) is 20.9 Å². The summed E-state index contributed by atoms with van der Waals surface area (Å²) in [6.07, 6.45) is -0.692. The van der Waals surface area contributed by atoms with E-state index in [0.717, 1.165) is 0 Å². The molecule has 2 N–H and O–H groups in total. The van der Waals surface area contributed by atoms with E-state index in [1.54, 1.807) is 7.11 Å². The smallest absolute Gasteiger partial charge is 0.233 e. The fraction of sp³-hybridized carbons (Fsp3) is 1.00. The third-order valence-electron chi connectivity index (χ3n) is 1.58. The third kappa shape index (κ3) is 1.28. The second-order valence-electron chi connectivity index (χ2n) is 2.16. The van der Waals surface area contributed by atoms with Crippen molar-refractivity contribution in [3.63, 3.8) is 0 Å². The zero-order valence-electron chi connectivity index (χ0n) is 6.09. The predicted molar refractivity (Wildman–Crippen MR) is 33.9 cm³/mol. The van der Waals surface area contributed by atoms with E-state index in [2.05, 4.69) is 5.32 Å². The van der Waals surface area contributed by atoms with Gasteiger partial charge in [0.25, 0.3) is 0 Å². The maximum absolute atomic E-state index is 10.9. The molecule has 0 bridgehead atoms. The van der Waals surface area contributed by atoms with Crippen molar-refractivity contribution in [3.8, 4) is 0 Å². The van der Waals surface area contributed by atoms with Crippen LogP contribution in [0, 0.1) is 5.21 Å². The largest absolute Gasteiger partial charge is 0.631 e. The zero-order chi connectivity index (χ0) is 7.56. The summed E-state index contributed by atoms with van der Waals surface area (Å²) in [5.74, 6) is 0. The van der Waals surface area contributed by atoms with Gasteiger partial charge in [-0.2, -0.15) is 0 Å². The third-order valence-corrected chi connectivity index (χ3v) is 1.58. The van der Waals surface area contributed by atoms with Gasteiger partial charge in [-0.25, -0.2) is 5.32 Å². The van der Waals surface area contributed by atoms with Gasteiger partial charge in [-0.1, -0.05) is 0 Å². The Balaban J connectivity index is 2.45. The molecule has 0 amide bonds. The lowest BCUT2D eigenvalue weighted by Gasteiger charge is -2.23. The molecule has 1 saturated heterocycles. The van der Waals surface area contributed by atoms with Crippen LogP contribution >= 0.6 is 0 Å². The molecule has 0 aromatic rings. The van der Waals surface area contributed by atoms with Crippen LogP contribution < -0.4 is 10.4 Å². The van der Waals surface area contributed by atoms with E-state index in [-0.39, 0.29) is 11.3 Å². The molecule has 3 unspecified atom stereocenters. The Hall–Kier alpha value is -0.200. The number of ether oxygens (including phenoxy) is 2. The van der Waals surface area contributed by atoms with E-state index >= 15 is 0 Å². The van der Waals surface area contributed by atoms with E-state index in [9.17, 15) is 5.21 Å². The molecule has 5 heteroatoms. The van der Waals surface area contributed by atoms with Gasteiger partial charge in [-0.3, -0.25) is 0 Å². The number of hydrogen-bond acceptors (Lipinski definition) is 4. The highest BCUT2D eigenvalue weighted by Crippen LogP contribution is 1.94. The first kappa shape index (κ1) is 7.90. The van der Waals surface area contributed by atoms with Crippen LogP contribution in [0.15, 0.2) is 0 Å². The lowest BCUT2D eigenvalue weighted by Crippen LogP contribution is -3.10. The minimum Gasteiger partial charge on any atom is -0.631 e. The van der Waals surface area contributed by atoms with E-state index in [0.29, 0.717) is 6.67 Å². The normalized spacial score (nSPS) is 40.5. The Morgan fingerprint density at radius 3 is 2.60 bits per heavy atom. The number of rotatable bonds is 2. The molecule has 0 spiro atoms. The van der Waals surface area contributed by atoms with Crippen molar-refractivity contribution in [1.82, 2.24) is 5.32 Å². The Kier molecular flexibility index (Phi) is 2.58. The van der Waals surface area contributed by atoms with Gasteiger partial charge in [0.2, 0.25) is 6.23 Å². The van der Waals surface area contributed by atoms with Crippen LogP contribution in [-0.2, 0) is 9.47 Å². The first-order valence-electron chi connectivity index (χ1n) is 3.11. The van der Waals surface area contributed by atoms with E-state index in [1.807, 2.05) is 0 Å². The number of methoxy groups -OCH3 is 2. The number of quaternary nitrogens is 1. The first-order chi connectivity index (χ1) is 4.79. The Morgan fingerprint density at radius 1 is 1.50 bits per heavy atom. The van der Waals surface area contributed by atoms with Gasteiger partial charge in [0.15, 0.2) is 6.23 Å². The Bertz CT molecular complexity index is 111. The quantitative estimate of drug-likeness (QED) is 0.439. The summed E-state index contributed by atoms with van der Waals surface area (Å²) >= 11 is 0. The van der Waals surface area contributed by atoms with Gasteiger partial charge < -0.3 is 19.7 Å². The van der Waals surface area contributed by atoms with Crippen molar-refractivity contribution in [3.05, 3.63) is 5.21 Å². The maximum atomic E-state index is 10.9. The summed E-state index contributed by atoms with van der Waals surface area (Å²) in [6.45, 7) is 0.344. The van der Waals surface area contributed by atoms with Crippen LogP contribution in [0.25, 0.3) is 0 Å². The molecular formula is C5H12N2O3. The second-order valence-corrected chi connectivity index (χ2v) is 2.16. The molecule has 0 saturated carbocycles. The number of nitrogens with one attached hydrogen (secondary N) is 2. The maximum Gasteiger partial charge on any atom is 0.233 e. The molecule has 5 nitrogen and oxygen atoms in total. The minimum atomic E-state index is -0.426. The topological polar surface area (TPSA) is 58.0 Å². The number of hydroxylamine groups is 2. The minimum absolute atomic E-state index is 0.0503. The molecule has 1 heterocycles. The van der Waals surface area contributed by atoms with Crippen LogP contribution in [0.2, 0.25) is 0 Å². The Morgan fingerprint density at radius 2 is 2.20 bits per heavy atom. The summed E-state index contributed by atoms with van der Waals surface area (Å²) in [4.78, 5) is 0. The molecule has 1 fully saturated rings. The summed E-state index contributed by atoms with van der Waals surface area (Å²) in [5.41, 5.74) is 0. The fourth-order valence-electron chi connectivity index (χ4n) is 1.04. The molecule has 10 heavy (non-hydrogen) atoms. The SMILES string of the molecule is COC1NC[NH+]([O-])C1OC. The van der Waals surface area contributed by atoms with Gasteiger partial charge in [-0.15, -0.1) is 0 Å². The fourth-order valence-corrected chi connectivity index (χ4v) is 1.04. The highest BCUT2D eigenvalue weighted by atomic mass is 16.6. The van der Waals surface area contributed by atoms with Gasteiger partial charge in [0.05, 0.1) is 0 Å². The van der Waals surface area contributed by atoms with Crippen molar-refractivity contribution in [2.45, 2.75) is 12.5 Å². The van der Waals surface area contributed by atoms with Gasteiger partial charge in [0.1, 0.15) is 6.67 Å². The molecule has 1 aliphatic heterocycles. The lowest BCUT2D eigenvalue weighted by molar-refractivity contribution is -0.889. The van der Waals surface area contributed by atoms with E-state index in [1.165, 1.54) is 7.11 Å². The average molecular weight is 148 g/mol. The summed E-state index contributed by atoms with van der Waals surface area (Å²) < 4.78 is 9.82. The van der Waals surface area contributed by atoms with Crippen LogP contribution in [0.3, 0.4) is 0 Å². The van der Waals surface area contributed by atoms with Crippen LogP contribution in [-0.4, -0.2) is 33.3 Å². The van der Waals surface area contributed by atoms with Gasteiger partial charge >= 0.3 is 0 Å². The molecule has 3 atom stereocenters. The molecular weight excluding hydrogens is 136 g/mol. The highest BCUT2D eigenvalue weighted by molar-refractivity contribution is 4.61. The van der Waals surface area contributed by atoms with Crippen molar-refractivity contribution in [1.29, 1.82) is 0 Å². The van der Waals surface area contributed by atoms with Gasteiger partial charge in [0, 0.05) is 14.2 Å². The predicted octanol–water partition coefficient (Wildman–Crippen LogP) is -2.13. The molecule has 60 valence electrons. The summed E-state index contributed by atoms with van der Waals surface area (Å²) in [6, 6.07) is 0. The summed E-state index contributed by atoms with van der Waals surface area (Å²) in [5, 5.41) is 13.8.